The summed E-state index contributed by atoms with van der Waals surface area (Å²) in [6.07, 6.45) is 6.10. The molecular weight excluding hydrogens is 242 g/mol. The average Bonchev–Trinajstić information content (AvgIpc) is 2.91. The van der Waals surface area contributed by atoms with E-state index in [2.05, 4.69) is 4.98 Å². The molecule has 0 aliphatic rings. The molecule has 0 unspecified atom stereocenters. The molecule has 0 saturated carbocycles. The average molecular weight is 259 g/mol. The molecule has 19 heavy (non-hydrogen) atoms. The third-order valence-electron chi connectivity index (χ3n) is 2.95. The number of rotatable bonds is 5. The highest BCUT2D eigenvalue weighted by Gasteiger charge is 2.11. The summed E-state index contributed by atoms with van der Waals surface area (Å²) < 4.78 is 7.18. The first-order valence-electron chi connectivity index (χ1n) is 6.16. The number of ether oxygens (including phenoxy) is 1. The summed E-state index contributed by atoms with van der Waals surface area (Å²) in [4.78, 5) is 15.8. The van der Waals surface area contributed by atoms with Crippen molar-refractivity contribution in [2.45, 2.75) is 19.9 Å². The Hall–Kier alpha value is -2.30. The minimum atomic E-state index is -0.324. The fourth-order valence-electron chi connectivity index (χ4n) is 1.78. The topological polar surface area (TPSA) is 70.1 Å². The van der Waals surface area contributed by atoms with Gasteiger partial charge >= 0.3 is 5.97 Å². The Kier molecular flexibility index (Phi) is 4.18. The Morgan fingerprint density at radius 3 is 3.05 bits per heavy atom. The number of benzene rings is 1. The Morgan fingerprint density at radius 1 is 1.47 bits per heavy atom. The van der Waals surface area contributed by atoms with E-state index in [1.807, 2.05) is 17.7 Å². The van der Waals surface area contributed by atoms with Gasteiger partial charge in [-0.15, -0.1) is 0 Å². The number of carbonyl (C=O) groups is 1. The van der Waals surface area contributed by atoms with Crippen molar-refractivity contribution < 1.29 is 9.53 Å². The van der Waals surface area contributed by atoms with Crippen molar-refractivity contribution in [1.29, 1.82) is 0 Å². The third-order valence-corrected chi connectivity index (χ3v) is 2.95. The summed E-state index contributed by atoms with van der Waals surface area (Å²) in [6, 6.07) is 5.25. The summed E-state index contributed by atoms with van der Waals surface area (Å²) >= 11 is 0. The molecule has 2 rings (SSSR count). The number of aromatic nitrogens is 2. The molecule has 0 atom stereocenters. The van der Waals surface area contributed by atoms with E-state index in [0.29, 0.717) is 17.9 Å². The zero-order valence-corrected chi connectivity index (χ0v) is 10.9. The van der Waals surface area contributed by atoms with Gasteiger partial charge in [-0.05, 0) is 31.0 Å². The summed E-state index contributed by atoms with van der Waals surface area (Å²) in [5.74, 6) is -0.324. The Balaban J connectivity index is 1.83. The predicted molar refractivity (Wildman–Crippen MR) is 72.7 cm³/mol. The maximum atomic E-state index is 11.9. The lowest BCUT2D eigenvalue weighted by Gasteiger charge is -2.08. The van der Waals surface area contributed by atoms with Crippen LogP contribution in [0.1, 0.15) is 22.3 Å². The van der Waals surface area contributed by atoms with Gasteiger partial charge in [-0.3, -0.25) is 0 Å². The Morgan fingerprint density at radius 2 is 2.32 bits per heavy atom. The smallest absolute Gasteiger partial charge is 0.338 e. The number of nitrogens with two attached hydrogens (primary N) is 1. The molecule has 2 aromatic rings. The second-order valence-electron chi connectivity index (χ2n) is 4.31. The van der Waals surface area contributed by atoms with Crippen molar-refractivity contribution in [1.82, 2.24) is 9.55 Å². The monoisotopic (exact) mass is 259 g/mol. The lowest BCUT2D eigenvalue weighted by molar-refractivity contribution is 0.0495. The van der Waals surface area contributed by atoms with Crippen molar-refractivity contribution in [3.63, 3.8) is 0 Å². The van der Waals surface area contributed by atoms with Crippen LogP contribution in [-0.2, 0) is 11.3 Å². The van der Waals surface area contributed by atoms with Crippen LogP contribution in [0, 0.1) is 6.92 Å². The molecule has 0 aliphatic heterocycles. The number of anilines is 1. The molecule has 0 fully saturated rings. The van der Waals surface area contributed by atoms with E-state index in [1.54, 1.807) is 30.7 Å². The molecule has 0 radical (unpaired) electrons. The van der Waals surface area contributed by atoms with Crippen molar-refractivity contribution in [2.75, 3.05) is 12.3 Å². The molecule has 0 spiro atoms. The zero-order valence-electron chi connectivity index (χ0n) is 10.9. The Bertz CT molecular complexity index is 550. The number of aryl methyl sites for hydroxylation is 1. The second kappa shape index (κ2) is 6.04. The molecule has 0 amide bonds. The molecule has 0 saturated heterocycles. The van der Waals surface area contributed by atoms with Gasteiger partial charge in [0, 0.05) is 24.6 Å². The minimum Gasteiger partial charge on any atom is -0.462 e. The molecule has 1 aromatic heterocycles. The molecule has 1 heterocycles. The summed E-state index contributed by atoms with van der Waals surface area (Å²) in [5, 5.41) is 0. The van der Waals surface area contributed by atoms with Gasteiger partial charge in [0.1, 0.15) is 0 Å². The zero-order chi connectivity index (χ0) is 13.7. The number of nitrogens with zero attached hydrogens (tertiary/aromatic N) is 2. The summed E-state index contributed by atoms with van der Waals surface area (Å²) in [6.45, 7) is 2.98. The van der Waals surface area contributed by atoms with E-state index in [0.717, 1.165) is 18.5 Å². The van der Waals surface area contributed by atoms with Gasteiger partial charge in [-0.1, -0.05) is 6.07 Å². The largest absolute Gasteiger partial charge is 0.462 e. The van der Waals surface area contributed by atoms with Crippen LogP contribution in [0.2, 0.25) is 0 Å². The normalized spacial score (nSPS) is 10.4. The molecule has 5 heteroatoms. The van der Waals surface area contributed by atoms with Gasteiger partial charge in [0.2, 0.25) is 0 Å². The fraction of sp³-hybridized carbons (Fsp3) is 0.286. The predicted octanol–water partition coefficient (Wildman–Crippen LogP) is 2.02. The van der Waals surface area contributed by atoms with Crippen molar-refractivity contribution >= 4 is 11.7 Å². The number of nitrogen functional groups attached to an aromatic ring is 1. The van der Waals surface area contributed by atoms with Crippen molar-refractivity contribution in [3.05, 3.63) is 48.0 Å². The van der Waals surface area contributed by atoms with Crippen LogP contribution in [0.5, 0.6) is 0 Å². The molecule has 100 valence electrons. The fourth-order valence-corrected chi connectivity index (χ4v) is 1.78. The lowest BCUT2D eigenvalue weighted by atomic mass is 10.1. The van der Waals surface area contributed by atoms with Crippen LogP contribution in [0.15, 0.2) is 36.9 Å². The van der Waals surface area contributed by atoms with E-state index >= 15 is 0 Å². The van der Waals surface area contributed by atoms with Gasteiger partial charge in [-0.25, -0.2) is 9.78 Å². The first-order chi connectivity index (χ1) is 9.18. The van der Waals surface area contributed by atoms with Crippen LogP contribution >= 0.6 is 0 Å². The molecule has 5 nitrogen and oxygen atoms in total. The first-order valence-corrected chi connectivity index (χ1v) is 6.16. The maximum Gasteiger partial charge on any atom is 0.338 e. The van der Waals surface area contributed by atoms with Gasteiger partial charge < -0.3 is 15.0 Å². The van der Waals surface area contributed by atoms with Gasteiger partial charge in [0.15, 0.2) is 0 Å². The number of hydrogen-bond acceptors (Lipinski definition) is 4. The molecular formula is C14H17N3O2. The summed E-state index contributed by atoms with van der Waals surface area (Å²) in [5.41, 5.74) is 7.66. The number of esters is 1. The van der Waals surface area contributed by atoms with Crippen LogP contribution in [0.4, 0.5) is 5.69 Å². The molecule has 0 aliphatic carbocycles. The highest BCUT2D eigenvalue weighted by Crippen LogP contribution is 2.16. The first kappa shape index (κ1) is 13.1. The van der Waals surface area contributed by atoms with Crippen LogP contribution < -0.4 is 5.73 Å². The molecule has 1 aromatic carbocycles. The SMILES string of the molecule is Cc1c(N)cccc1C(=O)OCCCn1ccnc1. The van der Waals surface area contributed by atoms with E-state index < -0.39 is 0 Å². The van der Waals surface area contributed by atoms with E-state index in [9.17, 15) is 4.79 Å². The van der Waals surface area contributed by atoms with Crippen LogP contribution in [-0.4, -0.2) is 22.1 Å². The van der Waals surface area contributed by atoms with E-state index in [-0.39, 0.29) is 5.97 Å². The van der Waals surface area contributed by atoms with Gasteiger partial charge in [-0.2, -0.15) is 0 Å². The minimum absolute atomic E-state index is 0.324. The number of carbonyl (C=O) groups excluding carboxylic acids is 1. The quantitative estimate of drug-likeness (QED) is 0.506. The summed E-state index contributed by atoms with van der Waals surface area (Å²) in [7, 11) is 0. The van der Waals surface area contributed by atoms with Crippen LogP contribution in [0.3, 0.4) is 0 Å². The van der Waals surface area contributed by atoms with Gasteiger partial charge in [0.25, 0.3) is 0 Å². The van der Waals surface area contributed by atoms with Crippen molar-refractivity contribution in [3.8, 4) is 0 Å². The lowest BCUT2D eigenvalue weighted by Crippen LogP contribution is -2.10. The maximum absolute atomic E-state index is 11.9. The van der Waals surface area contributed by atoms with E-state index in [4.69, 9.17) is 10.5 Å². The highest BCUT2D eigenvalue weighted by molar-refractivity contribution is 5.92. The van der Waals surface area contributed by atoms with Crippen molar-refractivity contribution in [2.24, 2.45) is 0 Å². The molecule has 0 bridgehead atoms. The number of imidazole rings is 1. The third kappa shape index (κ3) is 3.34. The van der Waals surface area contributed by atoms with Crippen LogP contribution in [0.25, 0.3) is 0 Å². The molecule has 2 N–H and O–H groups in total. The second-order valence-corrected chi connectivity index (χ2v) is 4.31. The highest BCUT2D eigenvalue weighted by atomic mass is 16.5. The van der Waals surface area contributed by atoms with Gasteiger partial charge in [0.05, 0.1) is 18.5 Å². The standard InChI is InChI=1S/C14H17N3O2/c1-11-12(4-2-5-13(11)15)14(18)19-9-3-7-17-8-6-16-10-17/h2,4-6,8,10H,3,7,9,15H2,1H3. The Labute approximate surface area is 112 Å². The number of hydrogen-bond donors (Lipinski definition) is 1. The van der Waals surface area contributed by atoms with E-state index in [1.165, 1.54) is 0 Å².